The molecule has 0 fully saturated rings. The molecule has 0 aromatic carbocycles. The maximum Gasteiger partial charge on any atom is 0.253 e. The van der Waals surface area contributed by atoms with Gasteiger partial charge in [-0.3, -0.25) is 4.79 Å². The number of hydrogen-bond acceptors (Lipinski definition) is 4. The third-order valence-corrected chi connectivity index (χ3v) is 2.74. The van der Waals surface area contributed by atoms with Crippen LogP contribution in [-0.2, 0) is 0 Å². The fraction of sp³-hybridized carbons (Fsp3) is 0.615. The Morgan fingerprint density at radius 3 is 2.78 bits per heavy atom. The van der Waals surface area contributed by atoms with Crippen LogP contribution in [-0.4, -0.2) is 33.4 Å². The molecule has 18 heavy (non-hydrogen) atoms. The zero-order chi connectivity index (χ0) is 13.6. The van der Waals surface area contributed by atoms with E-state index in [1.54, 1.807) is 13.0 Å². The van der Waals surface area contributed by atoms with Crippen molar-refractivity contribution < 1.29 is 9.90 Å². The summed E-state index contributed by atoms with van der Waals surface area (Å²) in [5.74, 6) is 0.297. The summed E-state index contributed by atoms with van der Waals surface area (Å²) in [6.07, 6.45) is 4.46. The van der Waals surface area contributed by atoms with Gasteiger partial charge in [-0.05, 0) is 31.7 Å². The van der Waals surface area contributed by atoms with E-state index in [2.05, 4.69) is 29.4 Å². The number of nitrogens with zero attached hydrogens (tertiary/aromatic N) is 2. The molecule has 1 unspecified atom stereocenters. The summed E-state index contributed by atoms with van der Waals surface area (Å²) < 4.78 is 0. The first-order valence-corrected chi connectivity index (χ1v) is 6.18. The number of aromatic nitrogens is 2. The second-order valence-electron chi connectivity index (χ2n) is 5.24. The number of rotatable bonds is 6. The van der Waals surface area contributed by atoms with Crippen molar-refractivity contribution in [1.82, 2.24) is 15.5 Å². The molecule has 1 aromatic rings. The van der Waals surface area contributed by atoms with Crippen LogP contribution in [0.15, 0.2) is 18.5 Å². The van der Waals surface area contributed by atoms with Crippen LogP contribution >= 0.6 is 0 Å². The molecule has 0 aliphatic heterocycles. The van der Waals surface area contributed by atoms with Gasteiger partial charge in [0.2, 0.25) is 0 Å². The van der Waals surface area contributed by atoms with E-state index in [4.69, 9.17) is 0 Å². The lowest BCUT2D eigenvalue weighted by atomic mass is 9.95. The zero-order valence-corrected chi connectivity index (χ0v) is 11.2. The van der Waals surface area contributed by atoms with Crippen LogP contribution in [0, 0.1) is 5.92 Å². The summed E-state index contributed by atoms with van der Waals surface area (Å²) in [4.78, 5) is 11.7. The van der Waals surface area contributed by atoms with Crippen molar-refractivity contribution in [2.24, 2.45) is 5.92 Å². The Labute approximate surface area is 108 Å². The Kier molecular flexibility index (Phi) is 5.22. The quantitative estimate of drug-likeness (QED) is 0.801. The van der Waals surface area contributed by atoms with Gasteiger partial charge in [-0.25, -0.2) is 0 Å². The van der Waals surface area contributed by atoms with Crippen LogP contribution in [0.5, 0.6) is 0 Å². The molecular weight excluding hydrogens is 230 g/mol. The summed E-state index contributed by atoms with van der Waals surface area (Å²) in [6.45, 7) is 6.19. The van der Waals surface area contributed by atoms with Crippen LogP contribution in [0.3, 0.4) is 0 Å². The molecule has 0 aliphatic carbocycles. The lowest BCUT2D eigenvalue weighted by Gasteiger charge is -2.24. The van der Waals surface area contributed by atoms with E-state index in [9.17, 15) is 9.90 Å². The minimum Gasteiger partial charge on any atom is -0.388 e. The van der Waals surface area contributed by atoms with E-state index in [0.29, 0.717) is 17.9 Å². The lowest BCUT2D eigenvalue weighted by Crippen LogP contribution is -2.40. The second kappa shape index (κ2) is 6.44. The third-order valence-electron chi connectivity index (χ3n) is 2.74. The molecular formula is C13H21N3O2. The molecule has 0 aliphatic rings. The van der Waals surface area contributed by atoms with Crippen molar-refractivity contribution in [2.75, 3.05) is 6.54 Å². The van der Waals surface area contributed by atoms with Gasteiger partial charge in [0.05, 0.1) is 23.6 Å². The highest BCUT2D eigenvalue weighted by Gasteiger charge is 2.21. The van der Waals surface area contributed by atoms with Crippen molar-refractivity contribution in [3.63, 3.8) is 0 Å². The number of carbonyl (C=O) groups is 1. The van der Waals surface area contributed by atoms with Crippen molar-refractivity contribution in [1.29, 1.82) is 0 Å². The first-order valence-electron chi connectivity index (χ1n) is 6.18. The fourth-order valence-corrected chi connectivity index (χ4v) is 1.49. The predicted molar refractivity (Wildman–Crippen MR) is 69.1 cm³/mol. The summed E-state index contributed by atoms with van der Waals surface area (Å²) in [6, 6.07) is 1.59. The molecule has 0 saturated heterocycles. The number of carbonyl (C=O) groups excluding carboxylic acids is 1. The largest absolute Gasteiger partial charge is 0.388 e. The van der Waals surface area contributed by atoms with Gasteiger partial charge in [0, 0.05) is 6.54 Å². The summed E-state index contributed by atoms with van der Waals surface area (Å²) in [5, 5.41) is 20.1. The van der Waals surface area contributed by atoms with Gasteiger partial charge in [0.1, 0.15) is 0 Å². The minimum atomic E-state index is -0.875. The number of hydrogen-bond donors (Lipinski definition) is 2. The highest BCUT2D eigenvalue weighted by atomic mass is 16.3. The molecule has 0 spiro atoms. The van der Waals surface area contributed by atoms with Gasteiger partial charge in [0.15, 0.2) is 0 Å². The third kappa shape index (κ3) is 5.23. The SMILES string of the molecule is CC(C)CCC(C)(O)CNC(=O)c1ccnnc1. The highest BCUT2D eigenvalue weighted by molar-refractivity contribution is 5.93. The van der Waals surface area contributed by atoms with Crippen LogP contribution in [0.2, 0.25) is 0 Å². The molecule has 0 bridgehead atoms. The van der Waals surface area contributed by atoms with Crippen LogP contribution < -0.4 is 5.32 Å². The molecule has 1 aromatic heterocycles. The molecule has 5 nitrogen and oxygen atoms in total. The Balaban J connectivity index is 2.42. The Bertz CT molecular complexity index is 377. The predicted octanol–water partition coefficient (Wildman–Crippen LogP) is 1.39. The Morgan fingerprint density at radius 2 is 2.22 bits per heavy atom. The molecule has 1 amide bonds. The van der Waals surface area contributed by atoms with Crippen molar-refractivity contribution in [2.45, 2.75) is 39.2 Å². The molecule has 1 atom stereocenters. The van der Waals surface area contributed by atoms with Crippen molar-refractivity contribution in [3.8, 4) is 0 Å². The second-order valence-corrected chi connectivity index (χ2v) is 5.24. The number of amides is 1. The summed E-state index contributed by atoms with van der Waals surface area (Å²) in [7, 11) is 0. The first-order chi connectivity index (χ1) is 8.41. The monoisotopic (exact) mass is 251 g/mol. The summed E-state index contributed by atoms with van der Waals surface area (Å²) in [5.41, 5.74) is -0.426. The van der Waals surface area contributed by atoms with E-state index >= 15 is 0 Å². The van der Waals surface area contributed by atoms with Crippen LogP contribution in [0.4, 0.5) is 0 Å². The Morgan fingerprint density at radius 1 is 1.50 bits per heavy atom. The summed E-state index contributed by atoms with van der Waals surface area (Å²) >= 11 is 0. The molecule has 0 radical (unpaired) electrons. The van der Waals surface area contributed by atoms with Gasteiger partial charge in [-0.15, -0.1) is 0 Å². The van der Waals surface area contributed by atoms with E-state index in [-0.39, 0.29) is 12.5 Å². The standard InChI is InChI=1S/C13H21N3O2/c1-10(2)4-6-13(3,18)9-14-12(17)11-5-7-15-16-8-11/h5,7-8,10,18H,4,6,9H2,1-3H3,(H,14,17). The normalized spacial score (nSPS) is 14.3. The van der Waals surface area contributed by atoms with E-state index < -0.39 is 5.60 Å². The van der Waals surface area contributed by atoms with Gasteiger partial charge in [-0.1, -0.05) is 13.8 Å². The van der Waals surface area contributed by atoms with Gasteiger partial charge in [0.25, 0.3) is 5.91 Å². The number of nitrogens with one attached hydrogen (secondary N) is 1. The molecule has 0 saturated carbocycles. The van der Waals surface area contributed by atoms with Crippen molar-refractivity contribution in [3.05, 3.63) is 24.0 Å². The van der Waals surface area contributed by atoms with Gasteiger partial charge < -0.3 is 10.4 Å². The maximum absolute atomic E-state index is 11.7. The van der Waals surface area contributed by atoms with E-state index in [0.717, 1.165) is 6.42 Å². The average molecular weight is 251 g/mol. The topological polar surface area (TPSA) is 75.1 Å². The molecule has 1 heterocycles. The molecule has 100 valence electrons. The van der Waals surface area contributed by atoms with Gasteiger partial charge in [-0.2, -0.15) is 10.2 Å². The maximum atomic E-state index is 11.7. The van der Waals surface area contributed by atoms with Crippen LogP contribution in [0.25, 0.3) is 0 Å². The minimum absolute atomic E-state index is 0.237. The molecule has 2 N–H and O–H groups in total. The fourth-order valence-electron chi connectivity index (χ4n) is 1.49. The number of aliphatic hydroxyl groups is 1. The van der Waals surface area contributed by atoms with E-state index in [1.165, 1.54) is 12.4 Å². The smallest absolute Gasteiger partial charge is 0.253 e. The Hall–Kier alpha value is -1.49. The first kappa shape index (κ1) is 14.6. The lowest BCUT2D eigenvalue weighted by molar-refractivity contribution is 0.0429. The highest BCUT2D eigenvalue weighted by Crippen LogP contribution is 2.15. The van der Waals surface area contributed by atoms with Gasteiger partial charge >= 0.3 is 0 Å². The average Bonchev–Trinajstić information content (AvgIpc) is 2.35. The van der Waals surface area contributed by atoms with Crippen LogP contribution in [0.1, 0.15) is 44.0 Å². The molecule has 5 heteroatoms. The zero-order valence-electron chi connectivity index (χ0n) is 11.2. The molecule has 1 rings (SSSR count). The van der Waals surface area contributed by atoms with E-state index in [1.807, 2.05) is 0 Å². The van der Waals surface area contributed by atoms with Crippen molar-refractivity contribution >= 4 is 5.91 Å².